The summed E-state index contributed by atoms with van der Waals surface area (Å²) in [7, 11) is 3.43. The van der Waals surface area contributed by atoms with Crippen molar-refractivity contribution in [1.29, 1.82) is 0 Å². The molecule has 0 radical (unpaired) electrons. The lowest BCUT2D eigenvalue weighted by Crippen LogP contribution is -2.33. The van der Waals surface area contributed by atoms with Crippen molar-refractivity contribution in [3.05, 3.63) is 34.6 Å². The van der Waals surface area contributed by atoms with E-state index in [0.717, 1.165) is 6.07 Å². The number of nitrogens with zero attached hydrogens (tertiary/aromatic N) is 1. The van der Waals surface area contributed by atoms with E-state index in [1.165, 1.54) is 17.0 Å². The summed E-state index contributed by atoms with van der Waals surface area (Å²) in [6.45, 7) is 1.19. The standard InChI is InChI=1S/C11H14ClFN2O/c1-14-5-6-15(2)11(16)9-4-3-8(12)7-10(9)13/h3-4,7,14H,5-6H2,1-2H3. The molecule has 0 aliphatic rings. The van der Waals surface area contributed by atoms with Crippen LogP contribution in [0.2, 0.25) is 5.02 Å². The number of hydrogen-bond donors (Lipinski definition) is 1. The van der Waals surface area contributed by atoms with Crippen LogP contribution in [-0.4, -0.2) is 38.0 Å². The first-order valence-electron chi connectivity index (χ1n) is 4.91. The van der Waals surface area contributed by atoms with E-state index in [0.29, 0.717) is 13.1 Å². The molecular weight excluding hydrogens is 231 g/mol. The molecule has 0 aromatic heterocycles. The van der Waals surface area contributed by atoms with Gasteiger partial charge in [-0.25, -0.2) is 4.39 Å². The van der Waals surface area contributed by atoms with Gasteiger partial charge in [-0.05, 0) is 25.2 Å². The number of nitrogens with one attached hydrogen (secondary N) is 1. The Morgan fingerprint density at radius 1 is 1.56 bits per heavy atom. The maximum atomic E-state index is 13.4. The fourth-order valence-electron chi connectivity index (χ4n) is 1.25. The molecule has 0 fully saturated rings. The molecule has 0 atom stereocenters. The third-order valence-electron chi connectivity index (χ3n) is 2.21. The van der Waals surface area contributed by atoms with Crippen molar-refractivity contribution in [1.82, 2.24) is 10.2 Å². The molecule has 0 saturated heterocycles. The third kappa shape index (κ3) is 3.18. The number of likely N-dealkylation sites (N-methyl/N-ethyl adjacent to an activating group) is 2. The van der Waals surface area contributed by atoms with Gasteiger partial charge in [-0.1, -0.05) is 11.6 Å². The summed E-state index contributed by atoms with van der Waals surface area (Å²) in [5.41, 5.74) is 0.0444. The molecular formula is C11H14ClFN2O. The molecule has 1 aromatic rings. The predicted molar refractivity (Wildman–Crippen MR) is 62.3 cm³/mol. The Kier molecular flexibility index (Phi) is 4.71. The Balaban J connectivity index is 2.79. The zero-order valence-electron chi connectivity index (χ0n) is 9.26. The van der Waals surface area contributed by atoms with Crippen LogP contribution in [0, 0.1) is 5.82 Å². The lowest BCUT2D eigenvalue weighted by Gasteiger charge is -2.17. The van der Waals surface area contributed by atoms with E-state index in [4.69, 9.17) is 11.6 Å². The number of carbonyl (C=O) groups excluding carboxylic acids is 1. The fourth-order valence-corrected chi connectivity index (χ4v) is 1.41. The van der Waals surface area contributed by atoms with Crippen molar-refractivity contribution in [2.75, 3.05) is 27.2 Å². The summed E-state index contributed by atoms with van der Waals surface area (Å²) in [6, 6.07) is 4.04. The van der Waals surface area contributed by atoms with Crippen molar-refractivity contribution in [2.45, 2.75) is 0 Å². The first-order chi connectivity index (χ1) is 7.56. The van der Waals surface area contributed by atoms with Crippen LogP contribution in [0.5, 0.6) is 0 Å². The van der Waals surface area contributed by atoms with Crippen molar-refractivity contribution < 1.29 is 9.18 Å². The van der Waals surface area contributed by atoms with Gasteiger partial charge in [0.15, 0.2) is 0 Å². The van der Waals surface area contributed by atoms with E-state index < -0.39 is 5.82 Å². The second kappa shape index (κ2) is 5.82. The quantitative estimate of drug-likeness (QED) is 0.876. The Labute approximate surface area is 99.2 Å². The summed E-state index contributed by atoms with van der Waals surface area (Å²) >= 11 is 5.61. The van der Waals surface area contributed by atoms with E-state index >= 15 is 0 Å². The van der Waals surface area contributed by atoms with E-state index in [9.17, 15) is 9.18 Å². The molecule has 1 N–H and O–H groups in total. The van der Waals surface area contributed by atoms with Gasteiger partial charge in [0.2, 0.25) is 0 Å². The number of hydrogen-bond acceptors (Lipinski definition) is 2. The minimum absolute atomic E-state index is 0.0444. The molecule has 0 saturated carbocycles. The Bertz CT molecular complexity index is 384. The molecule has 3 nitrogen and oxygen atoms in total. The van der Waals surface area contributed by atoms with E-state index in [1.54, 1.807) is 14.1 Å². The van der Waals surface area contributed by atoms with Crippen LogP contribution in [0.15, 0.2) is 18.2 Å². The monoisotopic (exact) mass is 244 g/mol. The first kappa shape index (κ1) is 12.9. The summed E-state index contributed by atoms with van der Waals surface area (Å²) in [5.74, 6) is -0.932. The average Bonchev–Trinajstić information content (AvgIpc) is 2.25. The van der Waals surface area contributed by atoms with Gasteiger partial charge in [-0.3, -0.25) is 4.79 Å². The molecule has 1 amide bonds. The van der Waals surface area contributed by atoms with Crippen LogP contribution >= 0.6 is 11.6 Å². The molecule has 0 unspecified atom stereocenters. The molecule has 16 heavy (non-hydrogen) atoms. The highest BCUT2D eigenvalue weighted by molar-refractivity contribution is 6.30. The van der Waals surface area contributed by atoms with E-state index in [1.807, 2.05) is 0 Å². The van der Waals surface area contributed by atoms with Crippen molar-refractivity contribution in [3.63, 3.8) is 0 Å². The highest BCUT2D eigenvalue weighted by Crippen LogP contribution is 2.15. The van der Waals surface area contributed by atoms with Gasteiger partial charge >= 0.3 is 0 Å². The summed E-state index contributed by atoms with van der Waals surface area (Å²) in [5, 5.41) is 3.20. The van der Waals surface area contributed by atoms with Gasteiger partial charge in [-0.2, -0.15) is 0 Å². The Morgan fingerprint density at radius 3 is 2.81 bits per heavy atom. The highest BCUT2D eigenvalue weighted by Gasteiger charge is 2.15. The molecule has 88 valence electrons. The lowest BCUT2D eigenvalue weighted by molar-refractivity contribution is 0.0792. The highest BCUT2D eigenvalue weighted by atomic mass is 35.5. The smallest absolute Gasteiger partial charge is 0.256 e. The zero-order chi connectivity index (χ0) is 12.1. The topological polar surface area (TPSA) is 32.3 Å². The zero-order valence-corrected chi connectivity index (χ0v) is 10.0. The van der Waals surface area contributed by atoms with Crippen LogP contribution in [0.1, 0.15) is 10.4 Å². The lowest BCUT2D eigenvalue weighted by atomic mass is 10.2. The minimum Gasteiger partial charge on any atom is -0.340 e. The molecule has 1 rings (SSSR count). The van der Waals surface area contributed by atoms with Crippen molar-refractivity contribution >= 4 is 17.5 Å². The molecule has 0 heterocycles. The van der Waals surface area contributed by atoms with Gasteiger partial charge in [0.1, 0.15) is 5.82 Å². The Morgan fingerprint density at radius 2 is 2.25 bits per heavy atom. The maximum absolute atomic E-state index is 13.4. The van der Waals surface area contributed by atoms with Gasteiger partial charge in [0.25, 0.3) is 5.91 Å². The predicted octanol–water partition coefficient (Wildman–Crippen LogP) is 1.77. The van der Waals surface area contributed by atoms with Crippen LogP contribution < -0.4 is 5.32 Å². The van der Waals surface area contributed by atoms with Crippen LogP contribution in [0.25, 0.3) is 0 Å². The molecule has 0 aliphatic carbocycles. The average molecular weight is 245 g/mol. The molecule has 5 heteroatoms. The third-order valence-corrected chi connectivity index (χ3v) is 2.44. The largest absolute Gasteiger partial charge is 0.340 e. The summed E-state index contributed by atoms with van der Waals surface area (Å²) in [6.07, 6.45) is 0. The molecule has 0 spiro atoms. The first-order valence-corrected chi connectivity index (χ1v) is 5.29. The van der Waals surface area contributed by atoms with E-state index in [2.05, 4.69) is 5.32 Å². The molecule has 1 aromatic carbocycles. The maximum Gasteiger partial charge on any atom is 0.256 e. The number of carbonyl (C=O) groups is 1. The second-order valence-corrected chi connectivity index (χ2v) is 3.89. The van der Waals surface area contributed by atoms with E-state index in [-0.39, 0.29) is 16.5 Å². The van der Waals surface area contributed by atoms with Gasteiger partial charge in [-0.15, -0.1) is 0 Å². The van der Waals surface area contributed by atoms with Crippen molar-refractivity contribution in [2.24, 2.45) is 0 Å². The number of benzene rings is 1. The van der Waals surface area contributed by atoms with Crippen LogP contribution in [0.3, 0.4) is 0 Å². The normalized spacial score (nSPS) is 10.2. The van der Waals surface area contributed by atoms with Crippen molar-refractivity contribution in [3.8, 4) is 0 Å². The summed E-state index contributed by atoms with van der Waals surface area (Å²) < 4.78 is 13.4. The minimum atomic E-state index is -0.589. The van der Waals surface area contributed by atoms with Gasteiger partial charge in [0.05, 0.1) is 5.56 Å². The number of amides is 1. The number of halogens is 2. The molecule has 0 aliphatic heterocycles. The fraction of sp³-hybridized carbons (Fsp3) is 0.364. The Hall–Kier alpha value is -1.13. The summed E-state index contributed by atoms with van der Waals surface area (Å²) in [4.78, 5) is 13.3. The number of rotatable bonds is 4. The second-order valence-electron chi connectivity index (χ2n) is 3.45. The van der Waals surface area contributed by atoms with Crippen LogP contribution in [0.4, 0.5) is 4.39 Å². The van der Waals surface area contributed by atoms with Gasteiger partial charge < -0.3 is 10.2 Å². The SMILES string of the molecule is CNCCN(C)C(=O)c1ccc(Cl)cc1F. The van der Waals surface area contributed by atoms with Gasteiger partial charge in [0, 0.05) is 25.2 Å². The van der Waals surface area contributed by atoms with Crippen LogP contribution in [-0.2, 0) is 0 Å². The molecule has 0 bridgehead atoms.